The lowest BCUT2D eigenvalue weighted by molar-refractivity contribution is 1.15. The number of hydrogen-bond donors (Lipinski definition) is 4. The molecule has 0 atom stereocenters. The molecule has 0 aliphatic rings. The van der Waals surface area contributed by atoms with Crippen LogP contribution in [0.4, 0.5) is 11.4 Å². The predicted molar refractivity (Wildman–Crippen MR) is 68.5 cm³/mol. The van der Waals surface area contributed by atoms with Gasteiger partial charge in [-0.25, -0.2) is 0 Å². The van der Waals surface area contributed by atoms with E-state index in [1.54, 1.807) is 0 Å². The predicted octanol–water partition coefficient (Wildman–Crippen LogP) is 0.224. The number of halogens is 2. The van der Waals surface area contributed by atoms with Gasteiger partial charge in [0, 0.05) is 0 Å². The number of hydrogen-bond acceptors (Lipinski definition) is 4. The zero-order valence-electron chi connectivity index (χ0n) is 7.94. The maximum Gasteiger partial charge on any atom is 0.314 e. The number of benzene rings is 1. The van der Waals surface area contributed by atoms with E-state index in [1.807, 2.05) is 0 Å². The quantitative estimate of drug-likeness (QED) is 0.402. The molecule has 1 aromatic heterocycles. The van der Waals surface area contributed by atoms with Crippen molar-refractivity contribution in [2.75, 3.05) is 11.5 Å². The first-order chi connectivity index (χ1) is 6.58. The number of aromatic nitrogens is 2. The van der Waals surface area contributed by atoms with Crippen LogP contribution in [0.5, 0.6) is 0 Å². The third kappa shape index (κ3) is 2.29. The van der Waals surface area contributed by atoms with Crippen molar-refractivity contribution < 1.29 is 0 Å². The van der Waals surface area contributed by atoms with Gasteiger partial charge in [-0.3, -0.25) is 9.59 Å². The molecule has 6 N–H and O–H groups in total. The molecule has 16 heavy (non-hydrogen) atoms. The topological polar surface area (TPSA) is 118 Å². The summed E-state index contributed by atoms with van der Waals surface area (Å²) < 4.78 is 0. The fourth-order valence-electron chi connectivity index (χ4n) is 1.20. The van der Waals surface area contributed by atoms with E-state index in [0.29, 0.717) is 22.4 Å². The minimum atomic E-state index is -0.707. The highest BCUT2D eigenvalue weighted by molar-refractivity contribution is 5.86. The monoisotopic (exact) mass is 264 g/mol. The summed E-state index contributed by atoms with van der Waals surface area (Å²) in [5.41, 5.74) is 11.3. The number of nitrogens with two attached hydrogens (primary N) is 2. The van der Waals surface area contributed by atoms with Gasteiger partial charge in [0.15, 0.2) is 0 Å². The fourth-order valence-corrected chi connectivity index (χ4v) is 1.20. The molecule has 6 nitrogen and oxygen atoms in total. The van der Waals surface area contributed by atoms with Gasteiger partial charge in [-0.1, -0.05) is 0 Å². The van der Waals surface area contributed by atoms with E-state index >= 15 is 0 Å². The van der Waals surface area contributed by atoms with E-state index in [9.17, 15) is 9.59 Å². The summed E-state index contributed by atoms with van der Waals surface area (Å²) in [7, 11) is 0. The zero-order chi connectivity index (χ0) is 10.3. The minimum absolute atomic E-state index is 0. The van der Waals surface area contributed by atoms with Crippen molar-refractivity contribution in [1.29, 1.82) is 0 Å². The molecule has 0 unspecified atom stereocenters. The largest absolute Gasteiger partial charge is 0.397 e. The van der Waals surface area contributed by atoms with Gasteiger partial charge in [0.1, 0.15) is 0 Å². The summed E-state index contributed by atoms with van der Waals surface area (Å²) >= 11 is 0. The van der Waals surface area contributed by atoms with Crippen LogP contribution in [0.3, 0.4) is 0 Å². The minimum Gasteiger partial charge on any atom is -0.397 e. The molecule has 2 aromatic rings. The lowest BCUT2D eigenvalue weighted by Crippen LogP contribution is -2.28. The number of aromatic amines is 2. The maximum absolute atomic E-state index is 11.0. The standard InChI is InChI=1S/C8H8N4O2.2ClH/c9-3-1-5-6(2-4(3)10)12-8(14)7(13)11-5;;/h1-2H,9-10H2,(H,11,13)(H,12,14);2*1H. The normalized spacial score (nSPS) is 9.25. The molecule has 0 amide bonds. The highest BCUT2D eigenvalue weighted by atomic mass is 35.5. The van der Waals surface area contributed by atoms with E-state index in [4.69, 9.17) is 11.5 Å². The van der Waals surface area contributed by atoms with E-state index < -0.39 is 11.1 Å². The van der Waals surface area contributed by atoms with E-state index in [-0.39, 0.29) is 24.8 Å². The molecule has 0 aliphatic heterocycles. The Morgan fingerprint density at radius 1 is 0.812 bits per heavy atom. The molecule has 0 aliphatic carbocycles. The van der Waals surface area contributed by atoms with Crippen LogP contribution in [0.2, 0.25) is 0 Å². The number of nitrogens with one attached hydrogen (secondary N) is 2. The van der Waals surface area contributed by atoms with Crippen molar-refractivity contribution in [3.8, 4) is 0 Å². The zero-order valence-corrected chi connectivity index (χ0v) is 9.58. The Labute approximate surface area is 102 Å². The number of rotatable bonds is 0. The van der Waals surface area contributed by atoms with Crippen LogP contribution < -0.4 is 22.6 Å². The van der Waals surface area contributed by atoms with Gasteiger partial charge in [-0.05, 0) is 12.1 Å². The molecule has 0 saturated carbocycles. The third-order valence-corrected chi connectivity index (χ3v) is 1.93. The van der Waals surface area contributed by atoms with Crippen molar-refractivity contribution >= 4 is 47.2 Å². The molecule has 0 radical (unpaired) electrons. The molecule has 1 heterocycles. The summed E-state index contributed by atoms with van der Waals surface area (Å²) in [6, 6.07) is 3.00. The van der Waals surface area contributed by atoms with Crippen LogP contribution in [-0.4, -0.2) is 9.97 Å². The number of H-pyrrole nitrogens is 2. The highest BCUT2D eigenvalue weighted by Crippen LogP contribution is 2.18. The van der Waals surface area contributed by atoms with Gasteiger partial charge in [0.25, 0.3) is 0 Å². The van der Waals surface area contributed by atoms with Crippen molar-refractivity contribution in [1.82, 2.24) is 9.97 Å². The number of nitrogen functional groups attached to an aromatic ring is 2. The Bertz CT molecular complexity index is 565. The first-order valence-corrected chi connectivity index (χ1v) is 3.89. The molecule has 88 valence electrons. The van der Waals surface area contributed by atoms with E-state index in [1.165, 1.54) is 12.1 Å². The average molecular weight is 265 g/mol. The van der Waals surface area contributed by atoms with Gasteiger partial charge in [-0.2, -0.15) is 0 Å². The van der Waals surface area contributed by atoms with Crippen LogP contribution in [0, 0.1) is 0 Å². The number of fused-ring (bicyclic) bond motifs is 1. The second-order valence-corrected chi connectivity index (χ2v) is 2.93. The fraction of sp³-hybridized carbons (Fsp3) is 0. The van der Waals surface area contributed by atoms with Crippen LogP contribution in [0.1, 0.15) is 0 Å². The highest BCUT2D eigenvalue weighted by Gasteiger charge is 2.02. The van der Waals surface area contributed by atoms with Crippen molar-refractivity contribution in [2.24, 2.45) is 0 Å². The summed E-state index contributed by atoms with van der Waals surface area (Å²) in [5, 5.41) is 0. The van der Waals surface area contributed by atoms with Crippen LogP contribution in [0.25, 0.3) is 11.0 Å². The Balaban J connectivity index is 0.00000112. The molecule has 0 bridgehead atoms. The second-order valence-electron chi connectivity index (χ2n) is 2.93. The van der Waals surface area contributed by atoms with Gasteiger partial charge in [0.05, 0.1) is 22.4 Å². The SMILES string of the molecule is Cl.Cl.Nc1cc2[nH]c(=O)c(=O)[nH]c2cc1N. The van der Waals surface area contributed by atoms with E-state index in [2.05, 4.69) is 9.97 Å². The molecule has 0 fully saturated rings. The van der Waals surface area contributed by atoms with Crippen LogP contribution in [-0.2, 0) is 0 Å². The summed E-state index contributed by atoms with van der Waals surface area (Å²) in [6.07, 6.45) is 0. The van der Waals surface area contributed by atoms with Gasteiger partial charge < -0.3 is 21.4 Å². The molecular formula is C8H10Cl2N4O2. The lowest BCUT2D eigenvalue weighted by Gasteiger charge is -2.02. The second kappa shape index (κ2) is 4.91. The number of anilines is 2. The smallest absolute Gasteiger partial charge is 0.314 e. The maximum atomic E-state index is 11.0. The molecule has 1 aromatic carbocycles. The van der Waals surface area contributed by atoms with E-state index in [0.717, 1.165) is 0 Å². The molecule has 8 heteroatoms. The first kappa shape index (κ1) is 14.3. The third-order valence-electron chi connectivity index (χ3n) is 1.93. The Morgan fingerprint density at radius 3 is 1.44 bits per heavy atom. The molecular weight excluding hydrogens is 255 g/mol. The summed E-state index contributed by atoms with van der Waals surface area (Å²) in [5.74, 6) is 0. The lowest BCUT2D eigenvalue weighted by atomic mass is 10.2. The molecule has 0 spiro atoms. The van der Waals surface area contributed by atoms with Crippen LogP contribution in [0.15, 0.2) is 21.7 Å². The summed E-state index contributed by atoms with van der Waals surface area (Å²) in [4.78, 5) is 26.7. The first-order valence-electron chi connectivity index (χ1n) is 3.89. The van der Waals surface area contributed by atoms with Crippen molar-refractivity contribution in [3.05, 3.63) is 32.8 Å². The van der Waals surface area contributed by atoms with Crippen molar-refractivity contribution in [2.45, 2.75) is 0 Å². The average Bonchev–Trinajstić information content (AvgIpc) is 2.11. The van der Waals surface area contributed by atoms with Gasteiger partial charge >= 0.3 is 11.1 Å². The molecule has 2 rings (SSSR count). The Hall–Kier alpha value is -1.66. The molecule has 0 saturated heterocycles. The Kier molecular flexibility index (Phi) is 4.40. The van der Waals surface area contributed by atoms with Crippen molar-refractivity contribution in [3.63, 3.8) is 0 Å². The Morgan fingerprint density at radius 2 is 1.12 bits per heavy atom. The van der Waals surface area contributed by atoms with Crippen LogP contribution >= 0.6 is 24.8 Å². The van der Waals surface area contributed by atoms with Gasteiger partial charge in [0.2, 0.25) is 0 Å². The summed E-state index contributed by atoms with van der Waals surface area (Å²) in [6.45, 7) is 0. The van der Waals surface area contributed by atoms with Gasteiger partial charge in [-0.15, -0.1) is 24.8 Å².